The lowest BCUT2D eigenvalue weighted by Gasteiger charge is -2.32. The summed E-state index contributed by atoms with van der Waals surface area (Å²) in [6, 6.07) is 14.5. The monoisotopic (exact) mass is 409 g/mol. The van der Waals surface area contributed by atoms with Crippen LogP contribution in [0.4, 0.5) is 5.69 Å². The third kappa shape index (κ3) is 5.83. The van der Waals surface area contributed by atoms with Gasteiger partial charge in [0.05, 0.1) is 13.5 Å². The molecule has 7 heteroatoms. The van der Waals surface area contributed by atoms with Gasteiger partial charge in [0.1, 0.15) is 5.75 Å². The van der Waals surface area contributed by atoms with Crippen LogP contribution in [0.3, 0.4) is 0 Å². The molecular formula is C23H27N3O4. The number of hydrogen-bond acceptors (Lipinski definition) is 4. The predicted octanol–water partition coefficient (Wildman–Crippen LogP) is 2.62. The summed E-state index contributed by atoms with van der Waals surface area (Å²) in [5, 5.41) is 5.76. The van der Waals surface area contributed by atoms with Gasteiger partial charge in [-0.15, -0.1) is 0 Å². The zero-order valence-corrected chi connectivity index (χ0v) is 17.3. The highest BCUT2D eigenvalue weighted by molar-refractivity contribution is 5.96. The van der Waals surface area contributed by atoms with Crippen molar-refractivity contribution < 1.29 is 19.1 Å². The molecule has 0 saturated carbocycles. The zero-order valence-electron chi connectivity index (χ0n) is 17.3. The number of hydrogen-bond donors (Lipinski definition) is 2. The molecule has 0 spiro atoms. The van der Waals surface area contributed by atoms with Crippen LogP contribution in [0.25, 0.3) is 0 Å². The van der Waals surface area contributed by atoms with E-state index in [0.717, 1.165) is 11.3 Å². The second-order valence-corrected chi connectivity index (χ2v) is 7.42. The Morgan fingerprint density at radius 3 is 2.40 bits per heavy atom. The van der Waals surface area contributed by atoms with Crippen LogP contribution < -0.4 is 15.4 Å². The number of anilines is 1. The first kappa shape index (κ1) is 21.4. The maximum Gasteiger partial charge on any atom is 0.253 e. The normalized spacial score (nSPS) is 14.1. The molecule has 158 valence electrons. The van der Waals surface area contributed by atoms with Crippen molar-refractivity contribution in [2.24, 2.45) is 0 Å². The van der Waals surface area contributed by atoms with E-state index in [1.54, 1.807) is 36.3 Å². The first-order valence-electron chi connectivity index (χ1n) is 10.0. The fourth-order valence-electron chi connectivity index (χ4n) is 3.55. The smallest absolute Gasteiger partial charge is 0.253 e. The van der Waals surface area contributed by atoms with Gasteiger partial charge < -0.3 is 20.3 Å². The molecule has 0 radical (unpaired) electrons. The van der Waals surface area contributed by atoms with Crippen LogP contribution in [0.2, 0.25) is 0 Å². The SMILES string of the molecule is COc1ccc(CC(=O)NC2CCN(C(=O)c3cccc(NC(C)=O)c3)CC2)cc1. The van der Waals surface area contributed by atoms with Gasteiger partial charge in [0.2, 0.25) is 11.8 Å². The number of amides is 3. The molecule has 0 unspecified atom stereocenters. The fraction of sp³-hybridized carbons (Fsp3) is 0.348. The minimum atomic E-state index is -0.175. The summed E-state index contributed by atoms with van der Waals surface area (Å²) in [5.41, 5.74) is 2.08. The second-order valence-electron chi connectivity index (χ2n) is 7.42. The summed E-state index contributed by atoms with van der Waals surface area (Å²) in [6.07, 6.45) is 1.75. The van der Waals surface area contributed by atoms with E-state index < -0.39 is 0 Å². The lowest BCUT2D eigenvalue weighted by molar-refractivity contribution is -0.121. The van der Waals surface area contributed by atoms with Gasteiger partial charge in [0.25, 0.3) is 5.91 Å². The Kier molecular flexibility index (Phi) is 7.06. The number of nitrogens with one attached hydrogen (secondary N) is 2. The Balaban J connectivity index is 1.48. The molecule has 1 aliphatic rings. The van der Waals surface area contributed by atoms with E-state index in [4.69, 9.17) is 4.74 Å². The molecule has 3 amide bonds. The van der Waals surface area contributed by atoms with Gasteiger partial charge in [0, 0.05) is 37.3 Å². The first-order chi connectivity index (χ1) is 14.4. The number of rotatable bonds is 6. The number of likely N-dealkylation sites (tertiary alicyclic amines) is 1. The van der Waals surface area contributed by atoms with E-state index in [1.165, 1.54) is 6.92 Å². The first-order valence-corrected chi connectivity index (χ1v) is 10.0. The molecule has 1 heterocycles. The highest BCUT2D eigenvalue weighted by atomic mass is 16.5. The average molecular weight is 409 g/mol. The fourth-order valence-corrected chi connectivity index (χ4v) is 3.55. The van der Waals surface area contributed by atoms with Gasteiger partial charge >= 0.3 is 0 Å². The molecule has 2 N–H and O–H groups in total. The standard InChI is InChI=1S/C23H27N3O4/c1-16(27)24-20-5-3-4-18(15-20)23(29)26-12-10-19(11-13-26)25-22(28)14-17-6-8-21(30-2)9-7-17/h3-9,15,19H,10-14H2,1-2H3,(H,24,27)(H,25,28). The van der Waals surface area contributed by atoms with Gasteiger partial charge in [-0.1, -0.05) is 18.2 Å². The highest BCUT2D eigenvalue weighted by Gasteiger charge is 2.24. The van der Waals surface area contributed by atoms with Gasteiger partial charge in [0.15, 0.2) is 0 Å². The summed E-state index contributed by atoms with van der Waals surface area (Å²) in [4.78, 5) is 38.1. The lowest BCUT2D eigenvalue weighted by Crippen LogP contribution is -2.46. The van der Waals surface area contributed by atoms with Crippen LogP contribution in [-0.2, 0) is 16.0 Å². The van der Waals surface area contributed by atoms with Crippen LogP contribution in [0.5, 0.6) is 5.75 Å². The van der Waals surface area contributed by atoms with Gasteiger partial charge in [-0.2, -0.15) is 0 Å². The van der Waals surface area contributed by atoms with Crippen molar-refractivity contribution in [3.63, 3.8) is 0 Å². The minimum Gasteiger partial charge on any atom is -0.497 e. The number of benzene rings is 2. The second kappa shape index (κ2) is 9.91. The van der Waals surface area contributed by atoms with Crippen LogP contribution in [0.15, 0.2) is 48.5 Å². The molecule has 1 saturated heterocycles. The Labute approximate surface area is 176 Å². The van der Waals surface area contributed by atoms with Crippen LogP contribution in [0.1, 0.15) is 35.7 Å². The maximum absolute atomic E-state index is 12.8. The van der Waals surface area contributed by atoms with Gasteiger partial charge in [-0.3, -0.25) is 14.4 Å². The molecule has 2 aromatic rings. The third-order valence-electron chi connectivity index (χ3n) is 5.10. The van der Waals surface area contributed by atoms with Crippen molar-refractivity contribution in [3.05, 3.63) is 59.7 Å². The molecule has 7 nitrogen and oxygen atoms in total. The number of methoxy groups -OCH3 is 1. The summed E-state index contributed by atoms with van der Waals surface area (Å²) >= 11 is 0. The molecule has 1 fully saturated rings. The van der Waals surface area contributed by atoms with Crippen LogP contribution >= 0.6 is 0 Å². The van der Waals surface area contributed by atoms with Crippen molar-refractivity contribution >= 4 is 23.4 Å². The maximum atomic E-state index is 12.8. The highest BCUT2D eigenvalue weighted by Crippen LogP contribution is 2.17. The molecule has 0 bridgehead atoms. The summed E-state index contributed by atoms with van der Waals surface area (Å²) in [7, 11) is 1.61. The Morgan fingerprint density at radius 2 is 1.77 bits per heavy atom. The number of carbonyl (C=O) groups excluding carboxylic acids is 3. The molecule has 0 atom stereocenters. The average Bonchev–Trinajstić information content (AvgIpc) is 2.74. The van der Waals surface area contributed by atoms with E-state index in [2.05, 4.69) is 10.6 Å². The van der Waals surface area contributed by atoms with Crippen molar-refractivity contribution in [3.8, 4) is 5.75 Å². The Morgan fingerprint density at radius 1 is 1.07 bits per heavy atom. The van der Waals surface area contributed by atoms with Crippen molar-refractivity contribution in [1.29, 1.82) is 0 Å². The van der Waals surface area contributed by atoms with Crippen molar-refractivity contribution in [2.75, 3.05) is 25.5 Å². The molecule has 30 heavy (non-hydrogen) atoms. The van der Waals surface area contributed by atoms with Gasteiger partial charge in [-0.25, -0.2) is 0 Å². The topological polar surface area (TPSA) is 87.7 Å². The molecule has 3 rings (SSSR count). The molecule has 1 aliphatic heterocycles. The van der Waals surface area contributed by atoms with E-state index >= 15 is 0 Å². The third-order valence-corrected chi connectivity index (χ3v) is 5.10. The number of piperidine rings is 1. The summed E-state index contributed by atoms with van der Waals surface area (Å²) in [6.45, 7) is 2.59. The zero-order chi connectivity index (χ0) is 21.5. The van der Waals surface area contributed by atoms with E-state index in [0.29, 0.717) is 43.6 Å². The summed E-state index contributed by atoms with van der Waals surface area (Å²) < 4.78 is 5.13. The lowest BCUT2D eigenvalue weighted by atomic mass is 10.0. The number of nitrogens with zero attached hydrogens (tertiary/aromatic N) is 1. The molecule has 0 aliphatic carbocycles. The largest absolute Gasteiger partial charge is 0.497 e. The van der Waals surface area contributed by atoms with E-state index in [9.17, 15) is 14.4 Å². The van der Waals surface area contributed by atoms with Crippen LogP contribution in [-0.4, -0.2) is 48.9 Å². The minimum absolute atomic E-state index is 0.0204. The van der Waals surface area contributed by atoms with Crippen molar-refractivity contribution in [2.45, 2.75) is 32.2 Å². The number of ether oxygens (including phenoxy) is 1. The predicted molar refractivity (Wildman–Crippen MR) is 115 cm³/mol. The molecule has 0 aromatic heterocycles. The molecule has 2 aromatic carbocycles. The Bertz CT molecular complexity index is 903. The van der Waals surface area contributed by atoms with E-state index in [1.807, 2.05) is 24.3 Å². The van der Waals surface area contributed by atoms with E-state index in [-0.39, 0.29) is 23.8 Å². The summed E-state index contributed by atoms with van der Waals surface area (Å²) in [5.74, 6) is 0.503. The van der Waals surface area contributed by atoms with Gasteiger partial charge in [-0.05, 0) is 48.7 Å². The van der Waals surface area contributed by atoms with Crippen LogP contribution in [0, 0.1) is 0 Å². The quantitative estimate of drug-likeness (QED) is 0.768. The van der Waals surface area contributed by atoms with Crippen molar-refractivity contribution in [1.82, 2.24) is 10.2 Å². The Hall–Kier alpha value is -3.35. The molecular weight excluding hydrogens is 382 g/mol. The number of carbonyl (C=O) groups is 3.